The van der Waals surface area contributed by atoms with Gasteiger partial charge in [0.05, 0.1) is 19.0 Å². The predicted molar refractivity (Wildman–Crippen MR) is 422 cm³/mol. The van der Waals surface area contributed by atoms with Gasteiger partial charge in [-0.3, -0.25) is 57.5 Å². The molecule has 8 aromatic rings. The molecule has 0 spiro atoms. The van der Waals surface area contributed by atoms with Crippen molar-refractivity contribution in [2.24, 2.45) is 11.7 Å². The number of carboxylic acid groups (broad SMARTS) is 2. The number of carbonyl (C=O) groups is 13. The molecule has 0 radical (unpaired) electrons. The van der Waals surface area contributed by atoms with E-state index in [0.29, 0.717) is 57.3 Å². The number of aliphatic carboxylic acids is 2. The molecule has 3 aromatic heterocycles. The summed E-state index contributed by atoms with van der Waals surface area (Å²) >= 11 is 0. The molecule has 0 aliphatic carbocycles. The molecule has 11 amide bonds. The number of hydrogen-bond acceptors (Lipinski definition) is 18. The molecule has 116 heavy (non-hydrogen) atoms. The highest BCUT2D eigenvalue weighted by atomic mass is 16.4. The van der Waals surface area contributed by atoms with Crippen molar-refractivity contribution in [2.45, 2.75) is 177 Å². The van der Waals surface area contributed by atoms with Gasteiger partial charge in [0.15, 0.2) is 0 Å². The van der Waals surface area contributed by atoms with E-state index in [1.54, 1.807) is 93.0 Å². The number of amides is 11. The van der Waals surface area contributed by atoms with Gasteiger partial charge < -0.3 is 104 Å². The number of aromatic nitrogens is 4. The number of nitrogens with two attached hydrogens (primary N) is 1. The van der Waals surface area contributed by atoms with Gasteiger partial charge >= 0.3 is 11.9 Å². The number of aromatic hydroxyl groups is 2. The third-order valence-electron chi connectivity index (χ3n) is 20.5. The van der Waals surface area contributed by atoms with Gasteiger partial charge in [0, 0.05) is 104 Å². The summed E-state index contributed by atoms with van der Waals surface area (Å²) in [5.41, 5.74) is 10.7. The fraction of sp³-hybridized carbons (Fsp3) is 0.390. The fourth-order valence-electron chi connectivity index (χ4n) is 14.4. The molecule has 5 heterocycles. The van der Waals surface area contributed by atoms with Crippen LogP contribution in [0.15, 0.2) is 152 Å². The molecule has 10 rings (SSSR count). The number of likely N-dealkylation sites (tertiary alicyclic amines) is 2. The number of rotatable bonds is 39. The Hall–Kier alpha value is -13.0. The molecule has 19 N–H and O–H groups in total. The van der Waals surface area contributed by atoms with Crippen LogP contribution in [-0.2, 0) is 101 Å². The first kappa shape index (κ1) is 85.4. The monoisotopic (exact) mass is 1590 g/mol. The molecule has 614 valence electrons. The first-order valence-electron chi connectivity index (χ1n) is 38.4. The maximum absolute atomic E-state index is 15.2. The van der Waals surface area contributed by atoms with E-state index < -0.39 is 169 Å². The van der Waals surface area contributed by atoms with E-state index in [1.807, 2.05) is 24.3 Å². The van der Waals surface area contributed by atoms with Gasteiger partial charge in [-0.05, 0) is 116 Å². The lowest BCUT2D eigenvalue weighted by atomic mass is 10.0. The first-order valence-corrected chi connectivity index (χ1v) is 38.4. The topological polar surface area (TPSA) is 524 Å². The van der Waals surface area contributed by atoms with Crippen LogP contribution >= 0.6 is 0 Å². The molecule has 0 bridgehead atoms. The molecule has 0 saturated carbocycles. The number of para-hydroxylation sites is 2. The van der Waals surface area contributed by atoms with E-state index in [0.717, 1.165) is 10.9 Å². The van der Waals surface area contributed by atoms with Gasteiger partial charge in [-0.25, -0.2) is 9.78 Å². The summed E-state index contributed by atoms with van der Waals surface area (Å²) in [4.78, 5) is 200. The summed E-state index contributed by atoms with van der Waals surface area (Å²) < 4.78 is 0. The number of fused-ring (bicyclic) bond motifs is 2. The van der Waals surface area contributed by atoms with Crippen LogP contribution in [-0.4, -0.2) is 224 Å². The van der Waals surface area contributed by atoms with Gasteiger partial charge in [-0.2, -0.15) is 0 Å². The summed E-state index contributed by atoms with van der Waals surface area (Å²) in [5.74, 6) is -12.6. The largest absolute Gasteiger partial charge is 0.508 e. The summed E-state index contributed by atoms with van der Waals surface area (Å²) in [6.45, 7) is 3.90. The van der Waals surface area contributed by atoms with Crippen molar-refractivity contribution in [1.82, 2.24) is 77.6 Å². The summed E-state index contributed by atoms with van der Waals surface area (Å²) in [7, 11) is 0. The second-order valence-electron chi connectivity index (χ2n) is 29.6. The third kappa shape index (κ3) is 23.1. The molecular formula is C82H98N16O18. The number of nitrogens with one attached hydrogen (secondary N) is 12. The molecule has 2 saturated heterocycles. The van der Waals surface area contributed by atoms with Crippen molar-refractivity contribution in [1.29, 1.82) is 0 Å². The van der Waals surface area contributed by atoms with Gasteiger partial charge in [0.25, 0.3) is 0 Å². The van der Waals surface area contributed by atoms with E-state index in [1.165, 1.54) is 65.6 Å². The zero-order valence-electron chi connectivity index (χ0n) is 64.2. The van der Waals surface area contributed by atoms with Gasteiger partial charge in [0.1, 0.15) is 78.0 Å². The highest BCUT2D eigenvalue weighted by Gasteiger charge is 2.44. The number of aliphatic hydroxyl groups excluding tert-OH is 1. The third-order valence-corrected chi connectivity index (χ3v) is 20.5. The van der Waals surface area contributed by atoms with Crippen LogP contribution in [0.2, 0.25) is 0 Å². The van der Waals surface area contributed by atoms with E-state index in [9.17, 15) is 83.1 Å². The minimum atomic E-state index is -1.85. The Labute approximate surface area is 666 Å². The van der Waals surface area contributed by atoms with Crippen LogP contribution in [0, 0.1) is 5.92 Å². The standard InChI is InChI=1S/C82H98N16O18/c1-45(2)33-61(90-74(107)62(34-48-21-25-53(100)26-22-48)91-77(110)67(43-99)96-76(109)63(37-50-40-85-58-17-9-7-15-55(50)58)92-72(105)60(29-30-70(102)103)89-71(104)57(83)39-52-42-84-44-87-52)73(106)88-46(3)80(113)97-31-11-19-68(97)79(112)94-65(35-49-23-27-54(101)28-24-49)81(114)98-32-12-20-69(98)78(111)93-64(38-51-41-86-59-18-10-8-16-56(51)59)75(108)95-66(82(115)116)36-47-13-5-4-6-14-47/h4-10,13-18,21-28,40-42,44-46,57,60-69,85-86,99-101H,11-12,19-20,29-39,43,83H2,1-3H3,(H,84,87)(H,88,106)(H,89,104)(H,90,107)(H,91,110)(H,92,105)(H,93,111)(H,94,112)(H,95,108)(H,96,109)(H,102,103)(H,115,116)/t46-,57-,60-,61-,62-,63-,64-,65-,66-,67-,68-,69-/m0/s1. The number of benzene rings is 5. The summed E-state index contributed by atoms with van der Waals surface area (Å²) in [6, 6.07) is 17.4. The second-order valence-corrected chi connectivity index (χ2v) is 29.6. The Morgan fingerprint density at radius 3 is 1.41 bits per heavy atom. The number of hydrogen-bond donors (Lipinski definition) is 18. The molecule has 2 fully saturated rings. The Balaban J connectivity index is 0.817. The van der Waals surface area contributed by atoms with Gasteiger partial charge in [-0.15, -0.1) is 0 Å². The average Bonchev–Trinajstić information content (AvgIpc) is 1.66. The predicted octanol–water partition coefficient (Wildman–Crippen LogP) is 1.22. The summed E-state index contributed by atoms with van der Waals surface area (Å²) in [6.07, 6.45) is 5.02. The maximum Gasteiger partial charge on any atom is 0.326 e. The summed E-state index contributed by atoms with van der Waals surface area (Å²) in [5, 5.41) is 76.4. The van der Waals surface area contributed by atoms with E-state index in [2.05, 4.69) is 67.8 Å². The molecule has 34 nitrogen and oxygen atoms in total. The lowest BCUT2D eigenvalue weighted by Crippen LogP contribution is -2.61. The maximum atomic E-state index is 15.2. The molecule has 2 aliphatic heterocycles. The number of carboxylic acids is 2. The highest BCUT2D eigenvalue weighted by Crippen LogP contribution is 2.27. The number of phenols is 2. The number of aliphatic hydroxyl groups is 1. The smallest absolute Gasteiger partial charge is 0.326 e. The molecular weight excluding hydrogens is 1500 g/mol. The SMILES string of the molecule is CC(C)C[C@H](NC(=O)[C@H](Cc1ccc(O)cc1)NC(=O)[C@H](CO)NC(=O)[C@H](Cc1c[nH]c2ccccc12)NC(=O)[C@H](CCC(=O)O)NC(=O)[C@@H](N)Cc1cnc[nH]1)C(=O)N[C@@H](C)C(=O)N1CCC[C@H]1C(=O)N[C@@H](Cc1ccc(O)cc1)C(=O)N1CCC[C@H]1C(=O)N[C@@H](Cc1c[nH]c2ccccc12)C(=O)N[C@@H](Cc1ccccc1)C(=O)O. The Morgan fingerprint density at radius 1 is 0.466 bits per heavy atom. The van der Waals surface area contributed by atoms with E-state index in [4.69, 9.17) is 5.73 Å². The van der Waals surface area contributed by atoms with Crippen molar-refractivity contribution in [3.63, 3.8) is 0 Å². The molecule has 5 aromatic carbocycles. The first-order chi connectivity index (χ1) is 55.6. The van der Waals surface area contributed by atoms with Crippen LogP contribution in [0.4, 0.5) is 0 Å². The zero-order valence-corrected chi connectivity index (χ0v) is 64.2. The normalized spacial score (nSPS) is 16.6. The Bertz CT molecular complexity index is 4800. The zero-order chi connectivity index (χ0) is 83.3. The minimum absolute atomic E-state index is 0.0346. The number of imidazole rings is 1. The van der Waals surface area contributed by atoms with E-state index >= 15 is 4.79 Å². The molecule has 34 heteroatoms. The van der Waals surface area contributed by atoms with Gasteiger partial charge in [-0.1, -0.05) is 105 Å². The lowest BCUT2D eigenvalue weighted by Gasteiger charge is -2.32. The van der Waals surface area contributed by atoms with Crippen LogP contribution < -0.4 is 53.6 Å². The molecule has 0 unspecified atom stereocenters. The fourth-order valence-corrected chi connectivity index (χ4v) is 14.4. The van der Waals surface area contributed by atoms with Crippen LogP contribution in [0.3, 0.4) is 0 Å². The van der Waals surface area contributed by atoms with Crippen molar-refractivity contribution in [2.75, 3.05) is 19.7 Å². The number of carbonyl (C=O) groups excluding carboxylic acids is 11. The van der Waals surface area contributed by atoms with E-state index in [-0.39, 0.29) is 88.3 Å². The minimum Gasteiger partial charge on any atom is -0.508 e. The molecule has 12 atom stereocenters. The highest BCUT2D eigenvalue weighted by molar-refractivity contribution is 6.01. The molecule has 2 aliphatic rings. The van der Waals surface area contributed by atoms with Gasteiger partial charge in [0.2, 0.25) is 65.0 Å². The Kier molecular flexibility index (Phi) is 29.6. The number of nitrogens with zero attached hydrogens (tertiary/aromatic N) is 3. The number of aromatic amines is 3. The quantitative estimate of drug-likeness (QED) is 0.0257. The van der Waals surface area contributed by atoms with Crippen LogP contribution in [0.5, 0.6) is 11.5 Å². The van der Waals surface area contributed by atoms with Crippen molar-refractivity contribution in [3.05, 3.63) is 186 Å². The van der Waals surface area contributed by atoms with Crippen molar-refractivity contribution in [3.8, 4) is 11.5 Å². The van der Waals surface area contributed by atoms with Crippen molar-refractivity contribution >= 4 is 98.7 Å². The lowest BCUT2D eigenvalue weighted by molar-refractivity contribution is -0.145. The van der Waals surface area contributed by atoms with Crippen LogP contribution in [0.1, 0.15) is 99.2 Å². The number of phenolic OH excluding ortho intramolecular Hbond substituents is 2. The number of H-pyrrole nitrogens is 3. The van der Waals surface area contributed by atoms with Crippen molar-refractivity contribution < 1.29 is 87.9 Å². The Morgan fingerprint density at radius 2 is 0.897 bits per heavy atom. The van der Waals surface area contributed by atoms with Crippen LogP contribution in [0.25, 0.3) is 21.8 Å². The average molecular weight is 1600 g/mol. The second kappa shape index (κ2) is 40.2.